The summed E-state index contributed by atoms with van der Waals surface area (Å²) >= 11 is 5.83. The van der Waals surface area contributed by atoms with Gasteiger partial charge in [0.25, 0.3) is 0 Å². The van der Waals surface area contributed by atoms with Crippen LogP contribution in [0.4, 0.5) is 5.69 Å². The van der Waals surface area contributed by atoms with Crippen molar-refractivity contribution in [1.29, 1.82) is 0 Å². The lowest BCUT2D eigenvalue weighted by molar-refractivity contribution is -0.385. The Labute approximate surface area is 115 Å². The van der Waals surface area contributed by atoms with Gasteiger partial charge in [0.1, 0.15) is 0 Å². The maximum absolute atomic E-state index is 10.8. The van der Waals surface area contributed by atoms with Gasteiger partial charge in [-0.25, -0.2) is 0 Å². The van der Waals surface area contributed by atoms with Gasteiger partial charge in [0.2, 0.25) is 0 Å². The highest BCUT2D eigenvalue weighted by atomic mass is 35.5. The molecule has 1 aromatic rings. The Hall–Kier alpha value is -1.37. The van der Waals surface area contributed by atoms with Crippen LogP contribution in [0.2, 0.25) is 5.02 Å². The van der Waals surface area contributed by atoms with E-state index in [0.29, 0.717) is 18.7 Å². The molecule has 0 spiro atoms. The van der Waals surface area contributed by atoms with Crippen LogP contribution in [0.1, 0.15) is 18.4 Å². The third-order valence-corrected chi connectivity index (χ3v) is 3.42. The molecule has 6 nitrogen and oxygen atoms in total. The van der Waals surface area contributed by atoms with E-state index in [1.165, 1.54) is 6.07 Å². The second-order valence-electron chi connectivity index (χ2n) is 4.72. The molecule has 0 saturated carbocycles. The highest BCUT2D eigenvalue weighted by molar-refractivity contribution is 6.31. The van der Waals surface area contributed by atoms with Gasteiger partial charge in [0, 0.05) is 29.7 Å². The fourth-order valence-corrected chi connectivity index (χ4v) is 2.55. The summed E-state index contributed by atoms with van der Waals surface area (Å²) in [5, 5.41) is 30.5. The minimum absolute atomic E-state index is 0.219. The Bertz CT molecular complexity index is 495. The number of nitro benzene ring substituents is 1. The van der Waals surface area contributed by atoms with E-state index in [2.05, 4.69) is 0 Å². The van der Waals surface area contributed by atoms with Crippen LogP contribution in [0.3, 0.4) is 0 Å². The highest BCUT2D eigenvalue weighted by Gasteiger charge is 2.23. The number of rotatable bonds is 3. The number of aliphatic hydroxyl groups excluding tert-OH is 1. The average Bonchev–Trinajstić information content (AvgIpc) is 2.33. The summed E-state index contributed by atoms with van der Waals surface area (Å²) in [5.74, 6) is -0.352. The van der Waals surface area contributed by atoms with E-state index in [0.717, 1.165) is 25.5 Å². The van der Waals surface area contributed by atoms with Crippen LogP contribution in [0.25, 0.3) is 0 Å². The van der Waals surface area contributed by atoms with Crippen molar-refractivity contribution in [1.82, 2.24) is 4.90 Å². The Kier molecular flexibility index (Phi) is 4.24. The number of nitro groups is 1. The smallest absolute Gasteiger partial charge is 0.312 e. The number of phenolic OH excluding ortho intramolecular Hbond substituents is 1. The van der Waals surface area contributed by atoms with Crippen molar-refractivity contribution < 1.29 is 15.1 Å². The lowest BCUT2D eigenvalue weighted by Crippen LogP contribution is -2.37. The first-order valence-electron chi connectivity index (χ1n) is 6.03. The van der Waals surface area contributed by atoms with Gasteiger partial charge < -0.3 is 10.2 Å². The number of phenols is 1. The first-order chi connectivity index (χ1) is 8.97. The summed E-state index contributed by atoms with van der Waals surface area (Å²) in [6.07, 6.45) is 1.24. The second kappa shape index (κ2) is 5.73. The van der Waals surface area contributed by atoms with E-state index in [9.17, 15) is 20.3 Å². The normalized spacial score (nSPS) is 20.4. The molecule has 2 rings (SSSR count). The van der Waals surface area contributed by atoms with Crippen molar-refractivity contribution in [3.63, 3.8) is 0 Å². The van der Waals surface area contributed by atoms with Gasteiger partial charge in [0.05, 0.1) is 11.0 Å². The largest absolute Gasteiger partial charge is 0.502 e. The van der Waals surface area contributed by atoms with Crippen LogP contribution in [0, 0.1) is 10.1 Å². The number of aliphatic hydroxyl groups is 1. The summed E-state index contributed by atoms with van der Waals surface area (Å²) in [7, 11) is 0. The van der Waals surface area contributed by atoms with Gasteiger partial charge in [-0.05, 0) is 25.5 Å². The fourth-order valence-electron chi connectivity index (χ4n) is 2.32. The Morgan fingerprint density at radius 3 is 2.89 bits per heavy atom. The van der Waals surface area contributed by atoms with Crippen LogP contribution in [0.15, 0.2) is 12.1 Å². The Balaban J connectivity index is 2.22. The van der Waals surface area contributed by atoms with Gasteiger partial charge >= 0.3 is 5.69 Å². The highest BCUT2D eigenvalue weighted by Crippen LogP contribution is 2.34. The number of piperidine rings is 1. The topological polar surface area (TPSA) is 86.8 Å². The van der Waals surface area contributed by atoms with Crippen LogP contribution >= 0.6 is 11.6 Å². The molecular weight excluding hydrogens is 272 g/mol. The lowest BCUT2D eigenvalue weighted by Gasteiger charge is -2.30. The number of hydrogen-bond donors (Lipinski definition) is 2. The molecule has 1 fully saturated rings. The fraction of sp³-hybridized carbons (Fsp3) is 0.500. The van der Waals surface area contributed by atoms with E-state index >= 15 is 0 Å². The van der Waals surface area contributed by atoms with Gasteiger partial charge in [-0.15, -0.1) is 0 Å². The van der Waals surface area contributed by atoms with E-state index in [1.54, 1.807) is 0 Å². The molecule has 7 heteroatoms. The minimum atomic E-state index is -0.657. The Morgan fingerprint density at radius 2 is 2.26 bits per heavy atom. The van der Waals surface area contributed by atoms with Crippen molar-refractivity contribution in [2.45, 2.75) is 25.5 Å². The zero-order chi connectivity index (χ0) is 14.0. The van der Waals surface area contributed by atoms with Crippen LogP contribution in [-0.2, 0) is 6.54 Å². The quantitative estimate of drug-likeness (QED) is 0.655. The predicted octanol–water partition coefficient (Wildman–Crippen LogP) is 1.91. The van der Waals surface area contributed by atoms with Crippen molar-refractivity contribution in [3.8, 4) is 5.75 Å². The van der Waals surface area contributed by atoms with E-state index < -0.39 is 4.92 Å². The molecule has 1 aliphatic rings. The summed E-state index contributed by atoms with van der Waals surface area (Å²) in [4.78, 5) is 12.1. The first kappa shape index (κ1) is 14.0. The molecule has 0 aromatic heterocycles. The molecule has 0 radical (unpaired) electrons. The summed E-state index contributed by atoms with van der Waals surface area (Å²) in [5.41, 5.74) is 0.0216. The summed E-state index contributed by atoms with van der Waals surface area (Å²) in [6.45, 7) is 1.63. The number of β-amino-alcohol motifs (C(OH)–C–C–N with tert-alkyl or cyclic N) is 1. The molecule has 0 amide bonds. The average molecular weight is 287 g/mol. The minimum Gasteiger partial charge on any atom is -0.502 e. The first-order valence-corrected chi connectivity index (χ1v) is 6.41. The van der Waals surface area contributed by atoms with E-state index in [4.69, 9.17) is 11.6 Å². The monoisotopic (exact) mass is 286 g/mol. The number of aromatic hydroxyl groups is 1. The zero-order valence-electron chi connectivity index (χ0n) is 10.3. The second-order valence-corrected chi connectivity index (χ2v) is 5.16. The molecule has 19 heavy (non-hydrogen) atoms. The SMILES string of the molecule is O=[N+]([O-])c1cc(Cl)cc(CN2CCCC(O)C2)c1O. The molecule has 104 valence electrons. The lowest BCUT2D eigenvalue weighted by atomic mass is 10.1. The van der Waals surface area contributed by atoms with Crippen LogP contribution in [0.5, 0.6) is 5.75 Å². The van der Waals surface area contributed by atoms with Crippen molar-refractivity contribution >= 4 is 17.3 Å². The molecule has 1 saturated heterocycles. The molecule has 1 atom stereocenters. The molecule has 1 heterocycles. The standard InChI is InChI=1S/C12H15ClN2O4/c13-9-4-8(12(17)11(5-9)15(18)19)6-14-3-1-2-10(16)7-14/h4-5,10,16-17H,1-3,6-7H2. The number of likely N-dealkylation sites (tertiary alicyclic amines) is 1. The van der Waals surface area contributed by atoms with Gasteiger partial charge in [-0.3, -0.25) is 15.0 Å². The third kappa shape index (κ3) is 3.34. The van der Waals surface area contributed by atoms with E-state index in [-0.39, 0.29) is 22.6 Å². The van der Waals surface area contributed by atoms with Gasteiger partial charge in [0.15, 0.2) is 5.75 Å². The molecule has 2 N–H and O–H groups in total. The number of halogens is 1. The summed E-state index contributed by atoms with van der Waals surface area (Å²) < 4.78 is 0. The molecular formula is C12H15ClN2O4. The van der Waals surface area contributed by atoms with Crippen molar-refractivity contribution in [2.75, 3.05) is 13.1 Å². The molecule has 0 bridgehead atoms. The van der Waals surface area contributed by atoms with Crippen molar-refractivity contribution in [2.24, 2.45) is 0 Å². The van der Waals surface area contributed by atoms with Gasteiger partial charge in [-0.1, -0.05) is 11.6 Å². The third-order valence-electron chi connectivity index (χ3n) is 3.20. The summed E-state index contributed by atoms with van der Waals surface area (Å²) in [6, 6.07) is 2.65. The maximum Gasteiger partial charge on any atom is 0.312 e. The van der Waals surface area contributed by atoms with E-state index in [1.807, 2.05) is 4.90 Å². The molecule has 1 aromatic carbocycles. The molecule has 1 aliphatic heterocycles. The Morgan fingerprint density at radius 1 is 1.53 bits per heavy atom. The molecule has 1 unspecified atom stereocenters. The van der Waals surface area contributed by atoms with Crippen molar-refractivity contribution in [3.05, 3.63) is 32.8 Å². The number of hydrogen-bond acceptors (Lipinski definition) is 5. The van der Waals surface area contributed by atoms with Crippen LogP contribution < -0.4 is 0 Å². The molecule has 0 aliphatic carbocycles. The predicted molar refractivity (Wildman–Crippen MR) is 70.3 cm³/mol. The maximum atomic E-state index is 10.8. The van der Waals surface area contributed by atoms with Crippen LogP contribution in [-0.4, -0.2) is 39.2 Å². The zero-order valence-corrected chi connectivity index (χ0v) is 11.0. The van der Waals surface area contributed by atoms with Gasteiger partial charge in [-0.2, -0.15) is 0 Å². The number of benzene rings is 1. The number of nitrogens with zero attached hydrogens (tertiary/aromatic N) is 2.